The highest BCUT2D eigenvalue weighted by Gasteiger charge is 2.48. The summed E-state index contributed by atoms with van der Waals surface area (Å²) >= 11 is 0. The minimum atomic E-state index is -0.597. The van der Waals surface area contributed by atoms with Gasteiger partial charge in [0.2, 0.25) is 0 Å². The number of allylic oxidation sites excluding steroid dienone is 3. The van der Waals surface area contributed by atoms with E-state index in [0.717, 1.165) is 30.4 Å². The average Bonchev–Trinajstić information content (AvgIpc) is 2.63. The lowest BCUT2D eigenvalue weighted by Gasteiger charge is -2.31. The van der Waals surface area contributed by atoms with Crippen LogP contribution in [-0.4, -0.2) is 34.9 Å². The van der Waals surface area contributed by atoms with E-state index >= 15 is 0 Å². The molecule has 0 aromatic carbocycles. The number of carbonyl (C=O) groups is 2. The Morgan fingerprint density at radius 1 is 1.10 bits per heavy atom. The monoisotopic (exact) mass is 274 g/mol. The van der Waals surface area contributed by atoms with Gasteiger partial charge in [-0.05, 0) is 37.2 Å². The summed E-state index contributed by atoms with van der Waals surface area (Å²) in [4.78, 5) is 25.1. The first-order valence-corrected chi connectivity index (χ1v) is 7.43. The van der Waals surface area contributed by atoms with Crippen molar-refractivity contribution in [1.82, 2.24) is 10.0 Å². The number of amides is 2. The minimum Gasteiger partial charge on any atom is -0.272 e. The van der Waals surface area contributed by atoms with Crippen molar-refractivity contribution in [3.8, 4) is 0 Å². The molecule has 2 heterocycles. The summed E-state index contributed by atoms with van der Waals surface area (Å²) in [6, 6.07) is 0. The van der Waals surface area contributed by atoms with Crippen LogP contribution in [0.1, 0.15) is 40.0 Å². The number of fused-ring (bicyclic) bond motifs is 1. The van der Waals surface area contributed by atoms with E-state index in [0.29, 0.717) is 13.1 Å². The van der Waals surface area contributed by atoms with Crippen LogP contribution in [0.5, 0.6) is 0 Å². The second-order valence-corrected chi connectivity index (χ2v) is 6.74. The Hall–Kier alpha value is -1.58. The summed E-state index contributed by atoms with van der Waals surface area (Å²) in [6.07, 6.45) is 7.15. The lowest BCUT2D eigenvalue weighted by molar-refractivity contribution is -0.150. The molecule has 2 amide bonds. The lowest BCUT2D eigenvalue weighted by Crippen LogP contribution is -2.45. The Bertz CT molecular complexity index is 507. The molecule has 0 aromatic heterocycles. The Labute approximate surface area is 120 Å². The van der Waals surface area contributed by atoms with Crippen LogP contribution in [-0.2, 0) is 9.59 Å². The number of carbonyl (C=O) groups excluding carboxylic acids is 2. The summed E-state index contributed by atoms with van der Waals surface area (Å²) in [6.45, 7) is 7.73. The van der Waals surface area contributed by atoms with E-state index in [4.69, 9.17) is 0 Å². The fourth-order valence-electron chi connectivity index (χ4n) is 3.50. The molecule has 3 rings (SSSR count). The quantitative estimate of drug-likeness (QED) is 0.688. The Morgan fingerprint density at radius 2 is 1.65 bits per heavy atom. The molecule has 0 N–H and O–H groups in total. The molecule has 0 unspecified atom stereocenters. The van der Waals surface area contributed by atoms with E-state index in [1.54, 1.807) is 10.0 Å². The zero-order valence-electron chi connectivity index (χ0n) is 12.5. The highest BCUT2D eigenvalue weighted by Crippen LogP contribution is 2.39. The third kappa shape index (κ3) is 1.98. The van der Waals surface area contributed by atoms with Gasteiger partial charge in [-0.15, -0.1) is 0 Å². The molecule has 3 aliphatic rings. The number of hydrogen-bond acceptors (Lipinski definition) is 2. The third-order valence-electron chi connectivity index (χ3n) is 4.51. The molecule has 2 fully saturated rings. The van der Waals surface area contributed by atoms with Gasteiger partial charge in [-0.25, -0.2) is 0 Å². The zero-order valence-corrected chi connectivity index (χ0v) is 12.5. The molecule has 0 saturated carbocycles. The van der Waals surface area contributed by atoms with Crippen LogP contribution in [0, 0.1) is 11.3 Å². The van der Waals surface area contributed by atoms with Crippen LogP contribution in [0.25, 0.3) is 0 Å². The van der Waals surface area contributed by atoms with Crippen LogP contribution in [0.4, 0.5) is 0 Å². The molecule has 2 aliphatic heterocycles. The molecule has 1 aliphatic carbocycles. The van der Waals surface area contributed by atoms with E-state index in [1.165, 1.54) is 0 Å². The predicted octanol–water partition coefficient (Wildman–Crippen LogP) is 2.28. The van der Waals surface area contributed by atoms with Gasteiger partial charge in [-0.1, -0.05) is 31.6 Å². The molecule has 20 heavy (non-hydrogen) atoms. The SMILES string of the molecule is CC1=CC(C)(C)CC=C1C1C(=O)N2CCCCN2C1=O. The zero-order chi connectivity index (χ0) is 14.5. The second-order valence-electron chi connectivity index (χ2n) is 6.74. The average molecular weight is 274 g/mol. The topological polar surface area (TPSA) is 40.6 Å². The van der Waals surface area contributed by atoms with Gasteiger partial charge in [0, 0.05) is 13.1 Å². The van der Waals surface area contributed by atoms with E-state index in [9.17, 15) is 9.59 Å². The van der Waals surface area contributed by atoms with Gasteiger partial charge in [-0.2, -0.15) is 0 Å². The first kappa shape index (κ1) is 13.4. The standard InChI is InChI=1S/C16H22N2O2/c1-11-10-16(2,3)7-6-12(11)13-14(19)17-8-4-5-9-18(17)15(13)20/h6,10,13H,4-5,7-9H2,1-3H3. The number of nitrogens with zero attached hydrogens (tertiary/aromatic N) is 2. The molecule has 108 valence electrons. The van der Waals surface area contributed by atoms with Crippen LogP contribution in [0.3, 0.4) is 0 Å². The first-order valence-electron chi connectivity index (χ1n) is 7.43. The maximum Gasteiger partial charge on any atom is 0.258 e. The van der Waals surface area contributed by atoms with Crippen molar-refractivity contribution in [1.29, 1.82) is 0 Å². The molecule has 0 radical (unpaired) electrons. The number of hydrogen-bond donors (Lipinski definition) is 0. The summed E-state index contributed by atoms with van der Waals surface area (Å²) in [5, 5.41) is 3.31. The molecule has 0 atom stereocenters. The summed E-state index contributed by atoms with van der Waals surface area (Å²) < 4.78 is 0. The molecule has 2 saturated heterocycles. The maximum atomic E-state index is 12.6. The highest BCUT2D eigenvalue weighted by atomic mass is 16.2. The third-order valence-corrected chi connectivity index (χ3v) is 4.51. The van der Waals surface area contributed by atoms with Gasteiger partial charge < -0.3 is 0 Å². The summed E-state index contributed by atoms with van der Waals surface area (Å²) in [5.74, 6) is -0.665. The highest BCUT2D eigenvalue weighted by molar-refractivity contribution is 6.08. The van der Waals surface area contributed by atoms with Gasteiger partial charge in [0.25, 0.3) is 11.8 Å². The Kier molecular flexibility index (Phi) is 3.00. The van der Waals surface area contributed by atoms with Gasteiger partial charge in [0.15, 0.2) is 0 Å². The molecule has 4 heteroatoms. The van der Waals surface area contributed by atoms with Gasteiger partial charge in [-0.3, -0.25) is 19.6 Å². The van der Waals surface area contributed by atoms with Gasteiger partial charge in [0.1, 0.15) is 5.92 Å². The van der Waals surface area contributed by atoms with Crippen molar-refractivity contribution in [2.45, 2.75) is 40.0 Å². The van der Waals surface area contributed by atoms with E-state index in [-0.39, 0.29) is 17.2 Å². The number of hydrazine groups is 1. The number of rotatable bonds is 1. The van der Waals surface area contributed by atoms with Crippen LogP contribution in [0.15, 0.2) is 23.3 Å². The van der Waals surface area contributed by atoms with Crippen molar-refractivity contribution in [2.75, 3.05) is 13.1 Å². The lowest BCUT2D eigenvalue weighted by atomic mass is 9.77. The van der Waals surface area contributed by atoms with Crippen LogP contribution < -0.4 is 0 Å². The molecule has 4 nitrogen and oxygen atoms in total. The molecular weight excluding hydrogens is 252 g/mol. The van der Waals surface area contributed by atoms with Crippen LogP contribution in [0.2, 0.25) is 0 Å². The predicted molar refractivity (Wildman–Crippen MR) is 76.4 cm³/mol. The van der Waals surface area contributed by atoms with Crippen molar-refractivity contribution >= 4 is 11.8 Å². The maximum absolute atomic E-state index is 12.6. The molecule has 0 spiro atoms. The van der Waals surface area contributed by atoms with Crippen molar-refractivity contribution in [3.63, 3.8) is 0 Å². The first-order chi connectivity index (χ1) is 9.41. The molecule has 0 aromatic rings. The summed E-state index contributed by atoms with van der Waals surface area (Å²) in [5.41, 5.74) is 2.12. The Balaban J connectivity index is 1.92. The van der Waals surface area contributed by atoms with Crippen molar-refractivity contribution in [3.05, 3.63) is 23.3 Å². The van der Waals surface area contributed by atoms with E-state index < -0.39 is 5.92 Å². The largest absolute Gasteiger partial charge is 0.272 e. The molecular formula is C16H22N2O2. The van der Waals surface area contributed by atoms with Crippen molar-refractivity contribution in [2.24, 2.45) is 11.3 Å². The summed E-state index contributed by atoms with van der Waals surface area (Å²) in [7, 11) is 0. The smallest absolute Gasteiger partial charge is 0.258 e. The van der Waals surface area contributed by atoms with E-state index in [2.05, 4.69) is 26.0 Å². The fourth-order valence-corrected chi connectivity index (χ4v) is 3.50. The normalized spacial score (nSPS) is 26.6. The second kappa shape index (κ2) is 4.47. The fraction of sp³-hybridized carbons (Fsp3) is 0.625. The Morgan fingerprint density at radius 3 is 2.15 bits per heavy atom. The van der Waals surface area contributed by atoms with E-state index in [1.807, 2.05) is 6.92 Å². The van der Waals surface area contributed by atoms with Gasteiger partial charge >= 0.3 is 0 Å². The van der Waals surface area contributed by atoms with Gasteiger partial charge in [0.05, 0.1) is 0 Å². The minimum absolute atomic E-state index is 0.0339. The molecule has 0 bridgehead atoms. The van der Waals surface area contributed by atoms with Crippen molar-refractivity contribution < 1.29 is 9.59 Å². The van der Waals surface area contributed by atoms with Crippen LogP contribution >= 0.6 is 0 Å².